The number of nitriles is 1. The number of halogens is 2. The summed E-state index contributed by atoms with van der Waals surface area (Å²) in [6.45, 7) is 5.45. The lowest BCUT2D eigenvalue weighted by molar-refractivity contribution is -0.141. The van der Waals surface area contributed by atoms with E-state index in [4.69, 9.17) is 9.84 Å². The molecular weight excluding hydrogens is 663 g/mol. The van der Waals surface area contributed by atoms with Crippen LogP contribution in [0.2, 0.25) is 0 Å². The van der Waals surface area contributed by atoms with Gasteiger partial charge in [-0.15, -0.1) is 0 Å². The third-order valence-corrected chi connectivity index (χ3v) is 11.4. The molecule has 0 fully saturated rings. The summed E-state index contributed by atoms with van der Waals surface area (Å²) in [5, 5.41) is 25.0. The highest BCUT2D eigenvalue weighted by atomic mass is 32.2. The summed E-state index contributed by atoms with van der Waals surface area (Å²) >= 11 is 0. The van der Waals surface area contributed by atoms with Crippen LogP contribution in [0.5, 0.6) is 11.5 Å². The molecule has 2 aromatic heterocycles. The standard InChI is InChI=1S/C38H38F2N4O5S/c1-23(37(45)46)16-24-6-4-7-25(17-24)34-8-5-13-38(2,3)22-50(47,48)15-12-29-28-11-14-42-33(28)19-32(40)36(29)49-27-9-10-31(39)30(18-27)35-26(20-41)21-44(34)43-35/h4,6-7,9-11,14,17-19,21,23,34,42H,5,8,12-13,15-16,22H2,1-3H3,(H,45,46)/t23-,34?/m0/s1. The number of carboxylic acids is 1. The fraction of sp³-hybridized carbons (Fsp3) is 0.342. The normalized spacial score (nSPS) is 18.2. The Morgan fingerprint density at radius 3 is 2.74 bits per heavy atom. The summed E-state index contributed by atoms with van der Waals surface area (Å²) in [4.78, 5) is 14.6. The van der Waals surface area contributed by atoms with Crippen LogP contribution in [0.3, 0.4) is 0 Å². The van der Waals surface area contributed by atoms with Crippen LogP contribution < -0.4 is 4.74 Å². The van der Waals surface area contributed by atoms with Crippen molar-refractivity contribution in [2.75, 3.05) is 11.5 Å². The molecule has 0 aliphatic carbocycles. The number of H-pyrrole nitrogens is 1. The molecule has 0 saturated heterocycles. The van der Waals surface area contributed by atoms with Crippen molar-refractivity contribution in [1.82, 2.24) is 14.8 Å². The minimum Gasteiger partial charge on any atom is -0.481 e. The maximum absolute atomic E-state index is 15.7. The number of ether oxygens (including phenoxy) is 1. The van der Waals surface area contributed by atoms with E-state index in [-0.39, 0.29) is 46.2 Å². The largest absolute Gasteiger partial charge is 0.481 e. The first-order valence-electron chi connectivity index (χ1n) is 16.5. The van der Waals surface area contributed by atoms with Gasteiger partial charge in [0.2, 0.25) is 0 Å². The highest BCUT2D eigenvalue weighted by molar-refractivity contribution is 7.91. The number of hydrogen-bond donors (Lipinski definition) is 2. The summed E-state index contributed by atoms with van der Waals surface area (Å²) in [6.07, 6.45) is 5.16. The smallest absolute Gasteiger partial charge is 0.306 e. The Labute approximate surface area is 289 Å². The summed E-state index contributed by atoms with van der Waals surface area (Å²) < 4.78 is 66.0. The second kappa shape index (κ2) is 13.7. The van der Waals surface area contributed by atoms with Crippen molar-refractivity contribution < 1.29 is 31.8 Å². The van der Waals surface area contributed by atoms with E-state index >= 15 is 8.78 Å². The van der Waals surface area contributed by atoms with E-state index in [9.17, 15) is 23.6 Å². The van der Waals surface area contributed by atoms with Crippen LogP contribution in [0, 0.1) is 34.3 Å². The molecule has 1 unspecified atom stereocenters. The van der Waals surface area contributed by atoms with Crippen LogP contribution in [0.25, 0.3) is 22.2 Å². The third kappa shape index (κ3) is 7.43. The number of aliphatic carboxylic acids is 1. The van der Waals surface area contributed by atoms with E-state index in [1.54, 1.807) is 30.1 Å². The quantitative estimate of drug-likeness (QED) is 0.194. The average molecular weight is 701 g/mol. The highest BCUT2D eigenvalue weighted by Gasteiger charge is 2.29. The zero-order valence-electron chi connectivity index (χ0n) is 28.0. The lowest BCUT2D eigenvalue weighted by Gasteiger charge is -2.26. The predicted molar refractivity (Wildman–Crippen MR) is 186 cm³/mol. The number of carbonyl (C=O) groups is 1. The van der Waals surface area contributed by atoms with Gasteiger partial charge in [0.15, 0.2) is 21.4 Å². The number of aromatic amines is 1. The first kappa shape index (κ1) is 34.8. The number of nitrogens with zero attached hydrogens (tertiary/aromatic N) is 3. The number of aromatic nitrogens is 3. The molecule has 1 aliphatic rings. The maximum Gasteiger partial charge on any atom is 0.306 e. The number of nitrogens with one attached hydrogen (secondary N) is 1. The first-order chi connectivity index (χ1) is 23.7. The number of hydrogen-bond acceptors (Lipinski definition) is 6. The Balaban J connectivity index is 1.49. The van der Waals surface area contributed by atoms with E-state index < -0.39 is 44.8 Å². The van der Waals surface area contributed by atoms with Gasteiger partial charge in [-0.1, -0.05) is 51.5 Å². The highest BCUT2D eigenvalue weighted by Crippen LogP contribution is 2.39. The lowest BCUT2D eigenvalue weighted by atomic mass is 9.87. The van der Waals surface area contributed by atoms with Crippen molar-refractivity contribution >= 4 is 26.7 Å². The monoisotopic (exact) mass is 700 g/mol. The molecule has 2 N–H and O–H groups in total. The van der Waals surface area contributed by atoms with Crippen molar-refractivity contribution in [3.8, 4) is 28.8 Å². The SMILES string of the molecule is C[C@@H](Cc1cccc(C2CCCC(C)(C)CS(=O)(=O)CCc3c(c(F)cc4[nH]ccc34)Oc3ccc(F)c(c3)-c3nn2cc3C#N)c1)C(=O)O. The molecule has 12 heteroatoms. The van der Waals surface area contributed by atoms with Gasteiger partial charge < -0.3 is 14.8 Å². The molecule has 2 atom stereocenters. The topological polar surface area (TPSA) is 138 Å². The van der Waals surface area contributed by atoms with Crippen molar-refractivity contribution in [2.45, 2.75) is 58.9 Å². The molecule has 4 bridgehead atoms. The van der Waals surface area contributed by atoms with Gasteiger partial charge in [-0.25, -0.2) is 17.2 Å². The van der Waals surface area contributed by atoms with Crippen molar-refractivity contribution in [1.29, 1.82) is 5.26 Å². The van der Waals surface area contributed by atoms with Gasteiger partial charge >= 0.3 is 5.97 Å². The zero-order chi connectivity index (χ0) is 35.8. The Kier molecular flexibility index (Phi) is 9.55. The van der Waals surface area contributed by atoms with Crippen molar-refractivity contribution in [3.63, 3.8) is 0 Å². The average Bonchev–Trinajstić information content (AvgIpc) is 3.70. The van der Waals surface area contributed by atoms with Crippen LogP contribution in [0.15, 0.2) is 67.0 Å². The van der Waals surface area contributed by atoms with Crippen molar-refractivity contribution in [3.05, 3.63) is 101 Å². The molecule has 6 rings (SSSR count). The zero-order valence-corrected chi connectivity index (χ0v) is 28.9. The molecule has 50 heavy (non-hydrogen) atoms. The van der Waals surface area contributed by atoms with Crippen LogP contribution in [-0.2, 0) is 27.5 Å². The maximum atomic E-state index is 15.7. The molecule has 0 spiro atoms. The minimum absolute atomic E-state index is 0.00416. The van der Waals surface area contributed by atoms with Crippen LogP contribution in [0.1, 0.15) is 68.3 Å². The Hall–Kier alpha value is -5.02. The van der Waals surface area contributed by atoms with Gasteiger partial charge in [0.25, 0.3) is 0 Å². The predicted octanol–water partition coefficient (Wildman–Crippen LogP) is 7.99. The number of fused-ring (bicyclic) bond motifs is 8. The number of carboxylic acid groups (broad SMARTS) is 1. The Morgan fingerprint density at radius 1 is 1.18 bits per heavy atom. The van der Waals surface area contributed by atoms with Crippen LogP contribution in [0.4, 0.5) is 8.78 Å². The first-order valence-corrected chi connectivity index (χ1v) is 18.3. The van der Waals surface area contributed by atoms with E-state index in [0.717, 1.165) is 17.2 Å². The minimum atomic E-state index is -3.61. The fourth-order valence-electron chi connectivity index (χ4n) is 6.87. The molecule has 5 aromatic rings. The molecule has 0 amide bonds. The van der Waals surface area contributed by atoms with Gasteiger partial charge in [-0.05, 0) is 66.5 Å². The number of rotatable bonds is 4. The second-order valence-corrected chi connectivity index (χ2v) is 16.1. The van der Waals surface area contributed by atoms with Gasteiger partial charge in [-0.2, -0.15) is 10.4 Å². The molecule has 3 heterocycles. The summed E-state index contributed by atoms with van der Waals surface area (Å²) in [6, 6.07) is 16.1. The number of sulfone groups is 1. The number of aryl methyl sites for hydroxylation is 1. The molecule has 0 saturated carbocycles. The molecule has 9 nitrogen and oxygen atoms in total. The number of benzene rings is 3. The van der Waals surface area contributed by atoms with Crippen LogP contribution >= 0.6 is 0 Å². The van der Waals surface area contributed by atoms with E-state index in [1.807, 2.05) is 38.1 Å². The fourth-order valence-corrected chi connectivity index (χ4v) is 8.87. The van der Waals surface area contributed by atoms with Gasteiger partial charge in [0.05, 0.1) is 29.0 Å². The summed E-state index contributed by atoms with van der Waals surface area (Å²) in [5.74, 6) is -3.27. The van der Waals surface area contributed by atoms with Crippen molar-refractivity contribution in [2.24, 2.45) is 11.3 Å². The van der Waals surface area contributed by atoms with E-state index in [2.05, 4.69) is 11.1 Å². The van der Waals surface area contributed by atoms with Gasteiger partial charge in [0, 0.05) is 40.5 Å². The van der Waals surface area contributed by atoms with Crippen LogP contribution in [-0.4, -0.2) is 45.8 Å². The lowest BCUT2D eigenvalue weighted by Crippen LogP contribution is -2.27. The summed E-state index contributed by atoms with van der Waals surface area (Å²) in [5.41, 5.74) is 2.08. The van der Waals surface area contributed by atoms with E-state index in [0.29, 0.717) is 42.1 Å². The van der Waals surface area contributed by atoms with E-state index in [1.165, 1.54) is 18.2 Å². The second-order valence-electron chi connectivity index (χ2n) is 13.9. The molecular formula is C38H38F2N4O5S. The molecule has 0 radical (unpaired) electrons. The van der Waals surface area contributed by atoms with Gasteiger partial charge in [-0.3, -0.25) is 9.48 Å². The summed E-state index contributed by atoms with van der Waals surface area (Å²) in [7, 11) is -3.61. The Morgan fingerprint density at radius 2 is 1.98 bits per heavy atom. The van der Waals surface area contributed by atoms with Gasteiger partial charge in [0.1, 0.15) is 23.3 Å². The molecule has 3 aromatic carbocycles. The Bertz CT molecular complexity index is 2240. The molecule has 260 valence electrons. The third-order valence-electron chi connectivity index (χ3n) is 9.35. The molecule has 1 aliphatic heterocycles.